The molecule has 176 valence electrons. The second-order valence-corrected chi connectivity index (χ2v) is 8.86. The molecule has 7 heteroatoms. The minimum absolute atomic E-state index is 0.0305. The fraction of sp³-hybridized carbons (Fsp3) is 0.296. The summed E-state index contributed by atoms with van der Waals surface area (Å²) in [7, 11) is 0. The minimum atomic E-state index is -0.485. The van der Waals surface area contributed by atoms with E-state index in [1.165, 1.54) is 17.7 Å². The molecule has 1 aliphatic rings. The molecule has 0 spiro atoms. The maximum atomic E-state index is 13.9. The monoisotopic (exact) mass is 460 g/mol. The molecule has 2 amide bonds. The minimum Gasteiger partial charge on any atom is -0.357 e. The fourth-order valence-corrected chi connectivity index (χ4v) is 4.06. The van der Waals surface area contributed by atoms with Crippen LogP contribution in [0.5, 0.6) is 0 Å². The Balaban J connectivity index is 1.33. The predicted molar refractivity (Wildman–Crippen MR) is 133 cm³/mol. The van der Waals surface area contributed by atoms with Crippen molar-refractivity contribution in [2.24, 2.45) is 5.92 Å². The predicted octanol–water partition coefficient (Wildman–Crippen LogP) is 5.45. The maximum Gasteiger partial charge on any atom is 0.255 e. The largest absolute Gasteiger partial charge is 0.357 e. The normalized spacial score (nSPS) is 14.2. The van der Waals surface area contributed by atoms with E-state index in [2.05, 4.69) is 34.4 Å². The van der Waals surface area contributed by atoms with Gasteiger partial charge in [-0.05, 0) is 60.7 Å². The van der Waals surface area contributed by atoms with Gasteiger partial charge in [0.2, 0.25) is 5.91 Å². The number of aromatic nitrogens is 1. The van der Waals surface area contributed by atoms with E-state index >= 15 is 0 Å². The number of nitrogens with one attached hydrogen (secondary N) is 2. The van der Waals surface area contributed by atoms with Gasteiger partial charge in [-0.2, -0.15) is 0 Å². The third-order valence-electron chi connectivity index (χ3n) is 6.16. The van der Waals surface area contributed by atoms with Crippen LogP contribution in [0.15, 0.2) is 66.9 Å². The topological polar surface area (TPSA) is 74.3 Å². The van der Waals surface area contributed by atoms with Gasteiger partial charge in [-0.1, -0.05) is 38.1 Å². The van der Waals surface area contributed by atoms with Gasteiger partial charge in [0.1, 0.15) is 11.6 Å². The molecular formula is C27H29FN4O2. The molecule has 2 heterocycles. The van der Waals surface area contributed by atoms with E-state index in [0.29, 0.717) is 43.2 Å². The maximum absolute atomic E-state index is 13.9. The molecule has 2 aromatic carbocycles. The van der Waals surface area contributed by atoms with Crippen molar-refractivity contribution >= 4 is 29.0 Å². The number of amides is 2. The number of hydrogen-bond acceptors (Lipinski definition) is 4. The fourth-order valence-electron chi connectivity index (χ4n) is 4.06. The van der Waals surface area contributed by atoms with Gasteiger partial charge in [0, 0.05) is 36.5 Å². The van der Waals surface area contributed by atoms with E-state index in [9.17, 15) is 14.0 Å². The zero-order valence-electron chi connectivity index (χ0n) is 19.4. The van der Waals surface area contributed by atoms with Gasteiger partial charge in [-0.25, -0.2) is 9.37 Å². The number of carbonyl (C=O) groups is 2. The zero-order chi connectivity index (χ0) is 24.1. The SMILES string of the molecule is CC(C)c1ccc(NC(=O)C2CCN(c3cc(C(=O)Nc4ccccc4F)ccn3)CC2)cc1. The number of piperidine rings is 1. The number of carbonyl (C=O) groups excluding carboxylic acids is 2. The molecule has 1 aromatic heterocycles. The molecule has 34 heavy (non-hydrogen) atoms. The van der Waals surface area contributed by atoms with Crippen molar-refractivity contribution in [3.63, 3.8) is 0 Å². The summed E-state index contributed by atoms with van der Waals surface area (Å²) in [5, 5.41) is 5.63. The highest BCUT2D eigenvalue weighted by Gasteiger charge is 2.26. The van der Waals surface area contributed by atoms with Crippen molar-refractivity contribution in [2.75, 3.05) is 28.6 Å². The van der Waals surface area contributed by atoms with E-state index in [-0.39, 0.29) is 17.5 Å². The molecule has 3 aromatic rings. The van der Waals surface area contributed by atoms with Crippen LogP contribution in [0.2, 0.25) is 0 Å². The summed E-state index contributed by atoms with van der Waals surface area (Å²) in [6.07, 6.45) is 2.97. The lowest BCUT2D eigenvalue weighted by molar-refractivity contribution is -0.120. The second-order valence-electron chi connectivity index (χ2n) is 8.86. The molecule has 1 fully saturated rings. The number of benzene rings is 2. The lowest BCUT2D eigenvalue weighted by Crippen LogP contribution is -2.38. The number of para-hydroxylation sites is 1. The van der Waals surface area contributed by atoms with Crippen molar-refractivity contribution < 1.29 is 14.0 Å². The summed E-state index contributed by atoms with van der Waals surface area (Å²) >= 11 is 0. The Hall–Kier alpha value is -3.74. The Kier molecular flexibility index (Phi) is 7.21. The molecule has 0 aliphatic carbocycles. The first-order valence-corrected chi connectivity index (χ1v) is 11.6. The van der Waals surface area contributed by atoms with Crippen LogP contribution in [-0.2, 0) is 4.79 Å². The van der Waals surface area contributed by atoms with Gasteiger partial charge in [0.25, 0.3) is 5.91 Å². The highest BCUT2D eigenvalue weighted by molar-refractivity contribution is 6.04. The number of nitrogens with zero attached hydrogens (tertiary/aromatic N) is 2. The van der Waals surface area contributed by atoms with Crippen LogP contribution in [0, 0.1) is 11.7 Å². The van der Waals surface area contributed by atoms with Gasteiger partial charge in [0.05, 0.1) is 5.69 Å². The van der Waals surface area contributed by atoms with Gasteiger partial charge in [-0.15, -0.1) is 0 Å². The van der Waals surface area contributed by atoms with Crippen LogP contribution >= 0.6 is 0 Å². The second kappa shape index (κ2) is 10.5. The Labute approximate surface area is 199 Å². The first-order valence-electron chi connectivity index (χ1n) is 11.6. The Morgan fingerprint density at radius 3 is 2.38 bits per heavy atom. The van der Waals surface area contributed by atoms with Crippen molar-refractivity contribution in [2.45, 2.75) is 32.6 Å². The summed E-state index contributed by atoms with van der Waals surface area (Å²) in [6, 6.07) is 17.3. The summed E-state index contributed by atoms with van der Waals surface area (Å²) in [5.41, 5.74) is 2.59. The summed E-state index contributed by atoms with van der Waals surface area (Å²) in [4.78, 5) is 31.8. The molecule has 2 N–H and O–H groups in total. The van der Waals surface area contributed by atoms with Crippen LogP contribution in [-0.4, -0.2) is 29.9 Å². The quantitative estimate of drug-likeness (QED) is 0.513. The highest BCUT2D eigenvalue weighted by atomic mass is 19.1. The molecule has 0 unspecified atom stereocenters. The molecule has 4 rings (SSSR count). The molecule has 0 saturated carbocycles. The van der Waals surface area contributed by atoms with E-state index in [1.54, 1.807) is 30.5 Å². The Morgan fingerprint density at radius 1 is 1.00 bits per heavy atom. The summed E-state index contributed by atoms with van der Waals surface area (Å²) in [6.45, 7) is 5.61. The van der Waals surface area contributed by atoms with Crippen LogP contribution in [0.25, 0.3) is 0 Å². The standard InChI is InChI=1S/C27H29FN4O2/c1-18(2)19-7-9-22(10-8-19)30-26(33)20-12-15-32(16-13-20)25-17-21(11-14-29-25)27(34)31-24-6-4-3-5-23(24)28/h3-11,14,17-18,20H,12-13,15-16H2,1-2H3,(H,30,33)(H,31,34). The van der Waals surface area contributed by atoms with Crippen LogP contribution in [0.3, 0.4) is 0 Å². The molecule has 1 aliphatic heterocycles. The smallest absolute Gasteiger partial charge is 0.255 e. The number of anilines is 3. The van der Waals surface area contributed by atoms with Crippen LogP contribution in [0.1, 0.15) is 48.5 Å². The van der Waals surface area contributed by atoms with Gasteiger partial charge >= 0.3 is 0 Å². The summed E-state index contributed by atoms with van der Waals surface area (Å²) < 4.78 is 13.9. The van der Waals surface area contributed by atoms with Gasteiger partial charge < -0.3 is 15.5 Å². The van der Waals surface area contributed by atoms with E-state index in [1.807, 2.05) is 24.3 Å². The number of pyridine rings is 1. The molecule has 0 radical (unpaired) electrons. The zero-order valence-corrected chi connectivity index (χ0v) is 19.4. The lowest BCUT2D eigenvalue weighted by Gasteiger charge is -2.32. The van der Waals surface area contributed by atoms with E-state index in [0.717, 1.165) is 5.69 Å². The first-order chi connectivity index (χ1) is 16.4. The van der Waals surface area contributed by atoms with E-state index < -0.39 is 11.7 Å². The molecule has 1 saturated heterocycles. The van der Waals surface area contributed by atoms with Crippen molar-refractivity contribution in [1.82, 2.24) is 4.98 Å². The molecule has 0 atom stereocenters. The lowest BCUT2D eigenvalue weighted by atomic mass is 9.95. The van der Waals surface area contributed by atoms with E-state index in [4.69, 9.17) is 0 Å². The van der Waals surface area contributed by atoms with Crippen LogP contribution in [0.4, 0.5) is 21.6 Å². The number of rotatable bonds is 6. The third kappa shape index (κ3) is 5.60. The number of halogens is 1. The average Bonchev–Trinajstić information content (AvgIpc) is 2.86. The Bertz CT molecular complexity index is 1160. The van der Waals surface area contributed by atoms with Crippen LogP contribution < -0.4 is 15.5 Å². The van der Waals surface area contributed by atoms with Crippen molar-refractivity contribution in [1.29, 1.82) is 0 Å². The molecule has 6 nitrogen and oxygen atoms in total. The summed E-state index contributed by atoms with van der Waals surface area (Å²) in [5.74, 6) is 0.195. The Morgan fingerprint density at radius 2 is 1.71 bits per heavy atom. The highest BCUT2D eigenvalue weighted by Crippen LogP contribution is 2.25. The first kappa shape index (κ1) is 23.4. The number of hydrogen-bond donors (Lipinski definition) is 2. The molecule has 0 bridgehead atoms. The van der Waals surface area contributed by atoms with Crippen molar-refractivity contribution in [3.05, 3.63) is 83.8 Å². The third-order valence-corrected chi connectivity index (χ3v) is 6.16. The van der Waals surface area contributed by atoms with Crippen molar-refractivity contribution in [3.8, 4) is 0 Å². The van der Waals surface area contributed by atoms with Gasteiger partial charge in [0.15, 0.2) is 0 Å². The molecular weight excluding hydrogens is 431 g/mol. The average molecular weight is 461 g/mol. The van der Waals surface area contributed by atoms with Gasteiger partial charge in [-0.3, -0.25) is 9.59 Å².